The van der Waals surface area contributed by atoms with Crippen LogP contribution in [0.25, 0.3) is 0 Å². The van der Waals surface area contributed by atoms with Crippen LogP contribution in [-0.2, 0) is 42.9 Å². The van der Waals surface area contributed by atoms with E-state index in [4.69, 9.17) is 29.2 Å². The summed E-state index contributed by atoms with van der Waals surface area (Å²) in [4.78, 5) is 56.6. The van der Waals surface area contributed by atoms with E-state index < -0.39 is 59.5 Å². The molecule has 45 heavy (non-hydrogen) atoms. The summed E-state index contributed by atoms with van der Waals surface area (Å²) in [6.45, 7) is 25.5. The number of carbonyl (C=O) groups excluding carboxylic acids is 3. The number of carboxylic acid groups (broad SMARTS) is 2. The molecule has 0 fully saturated rings. The minimum atomic E-state index is -1.21. The first-order valence-electron chi connectivity index (χ1n) is 13.3. The maximum Gasteiger partial charge on any atom is 0.333 e. The first-order chi connectivity index (χ1) is 19.9. The fourth-order valence-corrected chi connectivity index (χ4v) is 2.71. The highest BCUT2D eigenvalue weighted by atomic mass is 127. The number of aliphatic hydroxyl groups excluding tert-OH is 2. The molecule has 0 heterocycles. The molecule has 4 N–H and O–H groups in total. The van der Waals surface area contributed by atoms with Gasteiger partial charge in [-0.1, -0.05) is 32.9 Å². The molecule has 0 aromatic carbocycles. The highest BCUT2D eigenvalue weighted by Gasteiger charge is 2.33. The number of ether oxygens (including phenoxy) is 4. The SMILES string of the molecule is C=C(C)C(=C)OCC(O)COC(=O)C(=C)CC(C)(C)C(=O)OCC(O)COC(=O)C(=C)C.C=C(CC(C)(C)C(=O)O)C(=O)O.I. The lowest BCUT2D eigenvalue weighted by Crippen LogP contribution is -2.33. The molecule has 14 heteroatoms. The monoisotopic (exact) mass is 754 g/mol. The van der Waals surface area contributed by atoms with E-state index in [1.807, 2.05) is 0 Å². The Morgan fingerprint density at radius 2 is 1.02 bits per heavy atom. The predicted molar refractivity (Wildman–Crippen MR) is 175 cm³/mol. The number of hydrogen-bond donors (Lipinski definition) is 4. The van der Waals surface area contributed by atoms with E-state index in [0.717, 1.165) is 0 Å². The van der Waals surface area contributed by atoms with Crippen molar-refractivity contribution in [3.8, 4) is 0 Å². The standard InChI is InChI=1S/C23H34O9.C8H12O4.HI/c1-14(2)17(6)29-10-18(24)12-31-21(27)16(5)9-23(7,8)22(28)32-13-19(25)11-30-20(26)15(3)4;1-5(6(9)10)4-8(2,3)7(11)12;/h18-19,24-25H,1,3,5-6,9-13H2,2,4,7-8H3;1,4H2,2-3H3,(H,9,10)(H,11,12);1H. The van der Waals surface area contributed by atoms with Gasteiger partial charge in [0.05, 0.1) is 10.8 Å². The Bertz CT molecular complexity index is 1130. The summed E-state index contributed by atoms with van der Waals surface area (Å²) in [6, 6.07) is 0. The summed E-state index contributed by atoms with van der Waals surface area (Å²) in [5.74, 6) is -3.99. The number of hydrogen-bond acceptors (Lipinski definition) is 11. The van der Waals surface area contributed by atoms with E-state index >= 15 is 0 Å². The molecular formula is C31H47IO13. The van der Waals surface area contributed by atoms with Crippen LogP contribution in [-0.4, -0.2) is 88.9 Å². The maximum absolute atomic E-state index is 12.3. The maximum atomic E-state index is 12.3. The smallest absolute Gasteiger partial charge is 0.333 e. The average molecular weight is 755 g/mol. The van der Waals surface area contributed by atoms with Gasteiger partial charge >= 0.3 is 29.8 Å². The van der Waals surface area contributed by atoms with Crippen LogP contribution in [0.5, 0.6) is 0 Å². The fourth-order valence-electron chi connectivity index (χ4n) is 2.71. The zero-order valence-electron chi connectivity index (χ0n) is 26.8. The van der Waals surface area contributed by atoms with Gasteiger partial charge in [-0.15, -0.1) is 24.0 Å². The van der Waals surface area contributed by atoms with Gasteiger partial charge in [0, 0.05) is 16.7 Å². The predicted octanol–water partition coefficient (Wildman–Crippen LogP) is 3.74. The van der Waals surface area contributed by atoms with E-state index in [9.17, 15) is 34.2 Å². The Morgan fingerprint density at radius 1 is 0.622 bits per heavy atom. The van der Waals surface area contributed by atoms with Gasteiger partial charge in [0.15, 0.2) is 0 Å². The topological polar surface area (TPSA) is 203 Å². The first kappa shape index (κ1) is 45.9. The van der Waals surface area contributed by atoms with E-state index in [-0.39, 0.29) is 73.4 Å². The quantitative estimate of drug-likeness (QED) is 0.0371. The van der Waals surface area contributed by atoms with Gasteiger partial charge in [0.2, 0.25) is 0 Å². The number of aliphatic hydroxyl groups is 2. The van der Waals surface area contributed by atoms with Gasteiger partial charge in [0.25, 0.3) is 0 Å². The summed E-state index contributed by atoms with van der Waals surface area (Å²) in [5, 5.41) is 36.7. The molecule has 256 valence electrons. The molecule has 0 radical (unpaired) electrons. The van der Waals surface area contributed by atoms with Crippen molar-refractivity contribution in [3.05, 3.63) is 60.9 Å². The summed E-state index contributed by atoms with van der Waals surface area (Å²) in [6.07, 6.45) is -2.42. The third-order valence-corrected chi connectivity index (χ3v) is 5.53. The van der Waals surface area contributed by atoms with Gasteiger partial charge in [-0.05, 0) is 60.0 Å². The molecule has 0 saturated carbocycles. The Balaban J connectivity index is -0.00000114. The van der Waals surface area contributed by atoms with Crippen LogP contribution in [0.4, 0.5) is 0 Å². The zero-order valence-corrected chi connectivity index (χ0v) is 29.1. The van der Waals surface area contributed by atoms with Crippen molar-refractivity contribution in [2.45, 2.75) is 66.6 Å². The minimum Gasteiger partial charge on any atom is -0.491 e. The molecule has 0 aliphatic carbocycles. The molecule has 0 aliphatic heterocycles. The lowest BCUT2D eigenvalue weighted by molar-refractivity contribution is -0.159. The second kappa shape index (κ2) is 21.3. The van der Waals surface area contributed by atoms with Crippen molar-refractivity contribution >= 4 is 53.8 Å². The Morgan fingerprint density at radius 3 is 1.42 bits per heavy atom. The molecule has 0 saturated heterocycles. The first-order valence-corrected chi connectivity index (χ1v) is 13.3. The van der Waals surface area contributed by atoms with Crippen LogP contribution in [0.2, 0.25) is 0 Å². The number of rotatable bonds is 19. The second-order valence-corrected chi connectivity index (χ2v) is 11.3. The van der Waals surface area contributed by atoms with Crippen molar-refractivity contribution in [3.63, 3.8) is 0 Å². The van der Waals surface area contributed by atoms with E-state index in [1.54, 1.807) is 6.92 Å². The second-order valence-electron chi connectivity index (χ2n) is 11.3. The molecule has 0 aromatic rings. The summed E-state index contributed by atoms with van der Waals surface area (Å²) < 4.78 is 20.0. The van der Waals surface area contributed by atoms with Crippen LogP contribution in [0.1, 0.15) is 54.4 Å². The van der Waals surface area contributed by atoms with Crippen molar-refractivity contribution < 1.29 is 63.3 Å². The highest BCUT2D eigenvalue weighted by Crippen LogP contribution is 2.27. The Hall–Kier alpha value is -3.50. The Labute approximate surface area is 281 Å². The third kappa shape index (κ3) is 20.2. The summed E-state index contributed by atoms with van der Waals surface area (Å²) in [5.41, 5.74) is -1.50. The van der Waals surface area contributed by atoms with Crippen molar-refractivity contribution in [1.29, 1.82) is 0 Å². The molecule has 13 nitrogen and oxygen atoms in total. The summed E-state index contributed by atoms with van der Waals surface area (Å²) >= 11 is 0. The number of halogens is 1. The molecule has 0 amide bonds. The van der Waals surface area contributed by atoms with E-state index in [1.165, 1.54) is 34.6 Å². The molecule has 0 bridgehead atoms. The number of aliphatic carboxylic acids is 2. The fraction of sp³-hybridized carbons (Fsp3) is 0.516. The highest BCUT2D eigenvalue weighted by molar-refractivity contribution is 14.0. The van der Waals surface area contributed by atoms with Gasteiger partial charge in [-0.3, -0.25) is 9.59 Å². The van der Waals surface area contributed by atoms with Crippen molar-refractivity contribution in [1.82, 2.24) is 0 Å². The van der Waals surface area contributed by atoms with Crippen LogP contribution in [0, 0.1) is 10.8 Å². The van der Waals surface area contributed by atoms with Gasteiger partial charge in [-0.25, -0.2) is 14.4 Å². The third-order valence-electron chi connectivity index (χ3n) is 5.53. The van der Waals surface area contributed by atoms with Gasteiger partial charge in [0.1, 0.15) is 44.4 Å². The normalized spacial score (nSPS) is 11.9. The molecule has 0 aromatic heterocycles. The molecule has 0 aliphatic rings. The molecule has 2 atom stereocenters. The molecule has 0 spiro atoms. The number of esters is 3. The number of carboxylic acids is 2. The average Bonchev–Trinajstić information content (AvgIpc) is 2.91. The van der Waals surface area contributed by atoms with Gasteiger partial charge < -0.3 is 39.4 Å². The minimum absolute atomic E-state index is 0. The number of carbonyl (C=O) groups is 5. The van der Waals surface area contributed by atoms with E-state index in [2.05, 4.69) is 32.9 Å². The Kier molecular flexibility index (Phi) is 21.7. The van der Waals surface area contributed by atoms with Crippen molar-refractivity contribution in [2.24, 2.45) is 10.8 Å². The zero-order chi connectivity index (χ0) is 35.0. The lowest BCUT2D eigenvalue weighted by atomic mass is 9.86. The molecule has 2 unspecified atom stereocenters. The molecular weight excluding hydrogens is 707 g/mol. The van der Waals surface area contributed by atoms with E-state index in [0.29, 0.717) is 11.3 Å². The molecule has 0 rings (SSSR count). The number of allylic oxidation sites excluding steroid dienone is 1. The van der Waals surface area contributed by atoms with Crippen LogP contribution >= 0.6 is 24.0 Å². The van der Waals surface area contributed by atoms with Crippen LogP contribution < -0.4 is 0 Å². The van der Waals surface area contributed by atoms with Gasteiger partial charge in [-0.2, -0.15) is 0 Å². The lowest BCUT2D eigenvalue weighted by Gasteiger charge is -2.24. The summed E-state index contributed by atoms with van der Waals surface area (Å²) in [7, 11) is 0. The van der Waals surface area contributed by atoms with Crippen LogP contribution in [0.15, 0.2) is 60.9 Å². The largest absolute Gasteiger partial charge is 0.491 e. The van der Waals surface area contributed by atoms with Crippen molar-refractivity contribution in [2.75, 3.05) is 26.4 Å². The van der Waals surface area contributed by atoms with Crippen LogP contribution in [0.3, 0.4) is 0 Å².